The lowest BCUT2D eigenvalue weighted by Gasteiger charge is -2.23. The SMILES string of the molecule is COC(=O)CN1c2ccc(C#N)c(C(F)(F)F)c2CC1C. The molecule has 7 heteroatoms. The number of carbonyl (C=O) groups is 1. The minimum Gasteiger partial charge on any atom is -0.468 e. The number of hydrogen-bond acceptors (Lipinski definition) is 4. The van der Waals surface area contributed by atoms with Crippen molar-refractivity contribution in [2.75, 3.05) is 18.6 Å². The average molecular weight is 298 g/mol. The highest BCUT2D eigenvalue weighted by Gasteiger charge is 2.41. The second kappa shape index (κ2) is 5.28. The first kappa shape index (κ1) is 15.2. The Morgan fingerprint density at radius 1 is 1.52 bits per heavy atom. The van der Waals surface area contributed by atoms with Gasteiger partial charge < -0.3 is 9.64 Å². The second-order valence-corrected chi connectivity index (χ2v) is 4.85. The molecule has 112 valence electrons. The molecule has 0 bridgehead atoms. The molecule has 0 saturated heterocycles. The molecule has 0 N–H and O–H groups in total. The number of nitriles is 1. The predicted molar refractivity (Wildman–Crippen MR) is 68.7 cm³/mol. The van der Waals surface area contributed by atoms with Gasteiger partial charge in [0.15, 0.2) is 0 Å². The molecule has 1 atom stereocenters. The summed E-state index contributed by atoms with van der Waals surface area (Å²) < 4.78 is 44.2. The number of hydrogen-bond donors (Lipinski definition) is 0. The molecule has 1 aliphatic rings. The summed E-state index contributed by atoms with van der Waals surface area (Å²) in [6.45, 7) is 1.61. The van der Waals surface area contributed by atoms with Crippen LogP contribution in [0.25, 0.3) is 0 Å². The van der Waals surface area contributed by atoms with E-state index in [2.05, 4.69) is 4.74 Å². The Kier molecular flexibility index (Phi) is 3.81. The standard InChI is InChI=1S/C14H13F3N2O2/c1-8-5-10-11(19(8)7-12(20)21-2)4-3-9(6-18)13(10)14(15,16)17/h3-4,8H,5,7H2,1-2H3. The molecule has 0 aliphatic carbocycles. The summed E-state index contributed by atoms with van der Waals surface area (Å²) in [6.07, 6.45) is -4.46. The number of halogens is 3. The first-order valence-electron chi connectivity index (χ1n) is 6.26. The third-order valence-corrected chi connectivity index (χ3v) is 3.56. The number of carbonyl (C=O) groups excluding carboxylic acids is 1. The number of methoxy groups -OCH3 is 1. The summed E-state index contributed by atoms with van der Waals surface area (Å²) >= 11 is 0. The highest BCUT2D eigenvalue weighted by molar-refractivity contribution is 5.78. The molecule has 1 aromatic rings. The van der Waals surface area contributed by atoms with Crippen LogP contribution in [0.1, 0.15) is 23.6 Å². The normalized spacial score (nSPS) is 17.3. The van der Waals surface area contributed by atoms with Crippen LogP contribution in [0.5, 0.6) is 0 Å². The molecule has 2 rings (SSSR count). The van der Waals surface area contributed by atoms with E-state index < -0.39 is 23.3 Å². The molecule has 0 saturated carbocycles. The zero-order chi connectivity index (χ0) is 15.8. The summed E-state index contributed by atoms with van der Waals surface area (Å²) in [6, 6.07) is 3.91. The van der Waals surface area contributed by atoms with E-state index in [0.29, 0.717) is 5.69 Å². The van der Waals surface area contributed by atoms with E-state index in [-0.39, 0.29) is 24.6 Å². The van der Waals surface area contributed by atoms with Gasteiger partial charge in [0.05, 0.1) is 24.3 Å². The van der Waals surface area contributed by atoms with Crippen LogP contribution in [-0.4, -0.2) is 25.7 Å². The largest absolute Gasteiger partial charge is 0.468 e. The van der Waals surface area contributed by atoms with E-state index >= 15 is 0 Å². The summed E-state index contributed by atoms with van der Waals surface area (Å²) in [5, 5.41) is 8.89. The molecule has 21 heavy (non-hydrogen) atoms. The molecule has 0 amide bonds. The van der Waals surface area contributed by atoms with Crippen molar-refractivity contribution in [3.63, 3.8) is 0 Å². The zero-order valence-corrected chi connectivity index (χ0v) is 11.5. The van der Waals surface area contributed by atoms with E-state index in [0.717, 1.165) is 6.07 Å². The van der Waals surface area contributed by atoms with Gasteiger partial charge in [-0.2, -0.15) is 18.4 Å². The van der Waals surface area contributed by atoms with Crippen LogP contribution < -0.4 is 4.90 Å². The number of benzene rings is 1. The van der Waals surface area contributed by atoms with Gasteiger partial charge in [-0.3, -0.25) is 4.79 Å². The number of esters is 1. The summed E-state index contributed by atoms with van der Waals surface area (Å²) in [5.74, 6) is -0.521. The quantitative estimate of drug-likeness (QED) is 0.787. The van der Waals surface area contributed by atoms with Gasteiger partial charge in [-0.05, 0) is 31.0 Å². The molecule has 1 unspecified atom stereocenters. The fourth-order valence-corrected chi connectivity index (χ4v) is 2.62. The van der Waals surface area contributed by atoms with Crippen LogP contribution in [0.2, 0.25) is 0 Å². The van der Waals surface area contributed by atoms with Crippen LogP contribution in [0, 0.1) is 11.3 Å². The van der Waals surface area contributed by atoms with E-state index in [4.69, 9.17) is 5.26 Å². The van der Waals surface area contributed by atoms with Gasteiger partial charge in [0.1, 0.15) is 6.54 Å². The molecule has 1 aliphatic heterocycles. The van der Waals surface area contributed by atoms with Gasteiger partial charge in [0.2, 0.25) is 0 Å². The molecule has 1 aromatic carbocycles. The second-order valence-electron chi connectivity index (χ2n) is 4.85. The van der Waals surface area contributed by atoms with Crippen LogP contribution in [0.3, 0.4) is 0 Å². The van der Waals surface area contributed by atoms with E-state index in [1.807, 2.05) is 0 Å². The Balaban J connectivity index is 2.54. The Morgan fingerprint density at radius 2 is 2.19 bits per heavy atom. The maximum atomic E-state index is 13.2. The minimum atomic E-state index is -4.60. The fourth-order valence-electron chi connectivity index (χ4n) is 2.62. The number of rotatable bonds is 2. The van der Waals surface area contributed by atoms with E-state index in [1.165, 1.54) is 13.2 Å². The number of ether oxygens (including phenoxy) is 1. The zero-order valence-electron chi connectivity index (χ0n) is 11.5. The van der Waals surface area contributed by atoms with Crippen molar-refractivity contribution in [3.05, 3.63) is 28.8 Å². The monoisotopic (exact) mass is 298 g/mol. The van der Waals surface area contributed by atoms with Gasteiger partial charge >= 0.3 is 12.1 Å². The van der Waals surface area contributed by atoms with Gasteiger partial charge in [0.25, 0.3) is 0 Å². The Labute approximate surface area is 119 Å². The number of nitrogens with zero attached hydrogens (tertiary/aromatic N) is 2. The van der Waals surface area contributed by atoms with Crippen molar-refractivity contribution in [2.45, 2.75) is 25.6 Å². The summed E-state index contributed by atoms with van der Waals surface area (Å²) in [7, 11) is 1.23. The average Bonchev–Trinajstić information content (AvgIpc) is 2.72. The van der Waals surface area contributed by atoms with E-state index in [9.17, 15) is 18.0 Å². The fraction of sp³-hybridized carbons (Fsp3) is 0.429. The first-order valence-corrected chi connectivity index (χ1v) is 6.26. The van der Waals surface area contributed by atoms with Crippen molar-refractivity contribution in [1.29, 1.82) is 5.26 Å². The summed E-state index contributed by atoms with van der Waals surface area (Å²) in [5.41, 5.74) is -0.896. The third-order valence-electron chi connectivity index (χ3n) is 3.56. The minimum absolute atomic E-state index is 0.0675. The maximum Gasteiger partial charge on any atom is 0.418 e. The molecule has 0 aromatic heterocycles. The Morgan fingerprint density at radius 3 is 2.71 bits per heavy atom. The molecule has 0 spiro atoms. The Bertz CT molecular complexity index is 620. The number of anilines is 1. The molecule has 1 heterocycles. The smallest absolute Gasteiger partial charge is 0.418 e. The highest BCUT2D eigenvalue weighted by atomic mass is 19.4. The molecule has 0 radical (unpaired) electrons. The van der Waals surface area contributed by atoms with Crippen LogP contribution in [0.15, 0.2) is 12.1 Å². The maximum absolute atomic E-state index is 13.2. The van der Waals surface area contributed by atoms with Crippen LogP contribution >= 0.6 is 0 Å². The van der Waals surface area contributed by atoms with Gasteiger partial charge in [-0.1, -0.05) is 0 Å². The lowest BCUT2D eigenvalue weighted by Crippen LogP contribution is -2.34. The van der Waals surface area contributed by atoms with Crippen molar-refractivity contribution in [3.8, 4) is 6.07 Å². The predicted octanol–water partition coefficient (Wildman–Crippen LogP) is 2.50. The first-order chi connectivity index (χ1) is 9.79. The number of fused-ring (bicyclic) bond motifs is 1. The van der Waals surface area contributed by atoms with Crippen LogP contribution in [-0.2, 0) is 22.1 Å². The molecule has 4 nitrogen and oxygen atoms in total. The highest BCUT2D eigenvalue weighted by Crippen LogP contribution is 2.43. The van der Waals surface area contributed by atoms with Crippen LogP contribution in [0.4, 0.5) is 18.9 Å². The van der Waals surface area contributed by atoms with Gasteiger partial charge in [-0.15, -0.1) is 0 Å². The Hall–Kier alpha value is -2.23. The van der Waals surface area contributed by atoms with Crippen molar-refractivity contribution >= 4 is 11.7 Å². The van der Waals surface area contributed by atoms with E-state index in [1.54, 1.807) is 17.9 Å². The van der Waals surface area contributed by atoms with Crippen molar-refractivity contribution in [1.82, 2.24) is 0 Å². The molecular weight excluding hydrogens is 285 g/mol. The molecular formula is C14H13F3N2O2. The third kappa shape index (κ3) is 2.66. The number of alkyl halides is 3. The van der Waals surface area contributed by atoms with Gasteiger partial charge in [-0.25, -0.2) is 0 Å². The lowest BCUT2D eigenvalue weighted by atomic mass is 9.98. The lowest BCUT2D eigenvalue weighted by molar-refractivity contribution is -0.139. The van der Waals surface area contributed by atoms with Gasteiger partial charge in [0, 0.05) is 11.7 Å². The molecule has 0 fully saturated rings. The van der Waals surface area contributed by atoms with Crippen molar-refractivity contribution in [2.24, 2.45) is 0 Å². The topological polar surface area (TPSA) is 53.3 Å². The summed E-state index contributed by atoms with van der Waals surface area (Å²) in [4.78, 5) is 13.0. The van der Waals surface area contributed by atoms with Crippen molar-refractivity contribution < 1.29 is 22.7 Å².